The van der Waals surface area contributed by atoms with E-state index < -0.39 is 0 Å². The molecule has 3 aromatic rings. The first-order valence-electron chi connectivity index (χ1n) is 9.21. The van der Waals surface area contributed by atoms with Crippen LogP contribution in [0, 0.1) is 0 Å². The molecule has 0 amide bonds. The summed E-state index contributed by atoms with van der Waals surface area (Å²) in [5.74, 6) is 2.78. The number of rotatable bonds is 9. The van der Waals surface area contributed by atoms with Gasteiger partial charge < -0.3 is 33.4 Å². The first-order valence-corrected chi connectivity index (χ1v) is 9.21. The highest BCUT2D eigenvalue weighted by molar-refractivity contribution is 6.08. The third-order valence-corrected chi connectivity index (χ3v) is 4.69. The molecule has 0 saturated heterocycles. The van der Waals surface area contributed by atoms with E-state index in [2.05, 4.69) is 9.97 Å². The van der Waals surface area contributed by atoms with Crippen LogP contribution in [0.4, 0.5) is 0 Å². The quantitative estimate of drug-likeness (QED) is 0.518. The van der Waals surface area contributed by atoms with Crippen LogP contribution >= 0.6 is 0 Å². The van der Waals surface area contributed by atoms with Gasteiger partial charge in [-0.05, 0) is 24.3 Å². The number of ketones is 1. The van der Waals surface area contributed by atoms with E-state index in [9.17, 15) is 4.79 Å². The minimum atomic E-state index is -0.287. The zero-order chi connectivity index (χ0) is 22.5. The molecule has 2 aromatic carbocycles. The average molecular weight is 428 g/mol. The fraction of sp³-hybridized carbons (Fsp3) is 0.273. The second kappa shape index (κ2) is 9.29. The fourth-order valence-corrected chi connectivity index (χ4v) is 3.17. The molecule has 0 atom stereocenters. The molecule has 0 unspecified atom stereocenters. The third-order valence-electron chi connectivity index (χ3n) is 4.69. The number of aromatic amines is 1. The van der Waals surface area contributed by atoms with E-state index >= 15 is 0 Å². The number of nitrogens with zero attached hydrogens (tertiary/aromatic N) is 1. The van der Waals surface area contributed by atoms with Crippen molar-refractivity contribution in [3.63, 3.8) is 0 Å². The second-order valence-corrected chi connectivity index (χ2v) is 6.30. The van der Waals surface area contributed by atoms with E-state index in [0.29, 0.717) is 51.4 Å². The third kappa shape index (κ3) is 4.07. The highest BCUT2D eigenvalue weighted by atomic mass is 16.5. The first-order chi connectivity index (χ1) is 15.0. The number of imidazole rings is 1. The summed E-state index contributed by atoms with van der Waals surface area (Å²) in [7, 11) is 9.07. The minimum Gasteiger partial charge on any atom is -0.493 e. The van der Waals surface area contributed by atoms with Gasteiger partial charge in [0.2, 0.25) is 17.3 Å². The van der Waals surface area contributed by atoms with Crippen LogP contribution in [0.1, 0.15) is 16.1 Å². The Labute approximate surface area is 179 Å². The maximum Gasteiger partial charge on any atom is 0.211 e. The second-order valence-electron chi connectivity index (χ2n) is 6.30. The van der Waals surface area contributed by atoms with E-state index in [1.54, 1.807) is 24.3 Å². The van der Waals surface area contributed by atoms with Gasteiger partial charge in [0.15, 0.2) is 23.0 Å². The summed E-state index contributed by atoms with van der Waals surface area (Å²) in [5.41, 5.74) is 1.31. The molecule has 0 saturated carbocycles. The van der Waals surface area contributed by atoms with Gasteiger partial charge in [-0.3, -0.25) is 4.79 Å². The fourth-order valence-electron chi connectivity index (χ4n) is 3.17. The molecule has 164 valence electrons. The smallest absolute Gasteiger partial charge is 0.211 e. The molecule has 9 heteroatoms. The molecular formula is C22H24N2O7. The van der Waals surface area contributed by atoms with Gasteiger partial charge in [-0.15, -0.1) is 0 Å². The van der Waals surface area contributed by atoms with Gasteiger partial charge in [0.05, 0.1) is 48.9 Å². The Morgan fingerprint density at radius 2 is 1.16 bits per heavy atom. The lowest BCUT2D eigenvalue weighted by Gasteiger charge is -2.13. The summed E-state index contributed by atoms with van der Waals surface area (Å²) in [5, 5.41) is 0. The van der Waals surface area contributed by atoms with E-state index in [1.807, 2.05) is 0 Å². The van der Waals surface area contributed by atoms with Crippen LogP contribution in [0.2, 0.25) is 0 Å². The van der Waals surface area contributed by atoms with Crippen LogP contribution < -0.4 is 28.4 Å². The summed E-state index contributed by atoms with van der Waals surface area (Å²) in [4.78, 5) is 20.5. The Bertz CT molecular complexity index is 1040. The molecule has 3 rings (SSSR count). The molecule has 31 heavy (non-hydrogen) atoms. The molecule has 0 aliphatic heterocycles. The van der Waals surface area contributed by atoms with E-state index in [-0.39, 0.29) is 11.5 Å². The lowest BCUT2D eigenvalue weighted by molar-refractivity contribution is 0.103. The highest BCUT2D eigenvalue weighted by Gasteiger charge is 2.21. The SMILES string of the molecule is COc1cc(C(=O)c2cnc(-c3cc(OC)c(OC)c(OC)c3)[nH]2)cc(OC)c1OC. The van der Waals surface area contributed by atoms with Crippen LogP contribution in [0.15, 0.2) is 30.5 Å². The van der Waals surface area contributed by atoms with E-state index in [4.69, 9.17) is 28.4 Å². The number of aromatic nitrogens is 2. The highest BCUT2D eigenvalue weighted by Crippen LogP contribution is 2.41. The predicted molar refractivity (Wildman–Crippen MR) is 113 cm³/mol. The monoisotopic (exact) mass is 428 g/mol. The van der Waals surface area contributed by atoms with Crippen molar-refractivity contribution in [2.75, 3.05) is 42.7 Å². The van der Waals surface area contributed by atoms with Gasteiger partial charge >= 0.3 is 0 Å². The van der Waals surface area contributed by atoms with Crippen LogP contribution in [-0.4, -0.2) is 58.4 Å². The summed E-state index contributed by atoms with van der Waals surface area (Å²) < 4.78 is 32.1. The van der Waals surface area contributed by atoms with Crippen molar-refractivity contribution >= 4 is 5.78 Å². The van der Waals surface area contributed by atoms with E-state index in [1.165, 1.54) is 48.9 Å². The van der Waals surface area contributed by atoms with Crippen molar-refractivity contribution in [3.8, 4) is 45.9 Å². The number of H-pyrrole nitrogens is 1. The number of methoxy groups -OCH3 is 6. The van der Waals surface area contributed by atoms with Crippen LogP contribution in [0.3, 0.4) is 0 Å². The number of carbonyl (C=O) groups excluding carboxylic acids is 1. The summed E-state index contributed by atoms with van der Waals surface area (Å²) in [6.07, 6.45) is 1.46. The van der Waals surface area contributed by atoms with Gasteiger partial charge in [-0.25, -0.2) is 4.98 Å². The lowest BCUT2D eigenvalue weighted by atomic mass is 10.1. The summed E-state index contributed by atoms with van der Waals surface area (Å²) in [6.45, 7) is 0. The van der Waals surface area contributed by atoms with Crippen molar-refractivity contribution in [3.05, 3.63) is 41.7 Å². The minimum absolute atomic E-state index is 0.287. The normalized spacial score (nSPS) is 10.4. The van der Waals surface area contributed by atoms with Crippen LogP contribution in [0.25, 0.3) is 11.4 Å². The number of hydrogen-bond acceptors (Lipinski definition) is 8. The van der Waals surface area contributed by atoms with Crippen molar-refractivity contribution in [1.29, 1.82) is 0 Å². The molecule has 0 spiro atoms. The molecule has 0 fully saturated rings. The molecular weight excluding hydrogens is 404 g/mol. The molecule has 0 bridgehead atoms. The van der Waals surface area contributed by atoms with Gasteiger partial charge in [0.25, 0.3) is 0 Å². The molecule has 9 nitrogen and oxygen atoms in total. The van der Waals surface area contributed by atoms with Gasteiger partial charge in [0.1, 0.15) is 11.5 Å². The Kier molecular flexibility index (Phi) is 6.54. The zero-order valence-corrected chi connectivity index (χ0v) is 18.2. The standard InChI is InChI=1S/C22H24N2O7/c1-26-15-7-12(8-16(27-2)20(15)30-5)19(25)14-11-23-22(24-14)13-9-17(28-3)21(31-6)18(10-13)29-4/h7-11H,1-6H3,(H,23,24). The van der Waals surface area contributed by atoms with Crippen molar-refractivity contribution in [2.45, 2.75) is 0 Å². The number of carbonyl (C=O) groups is 1. The molecule has 1 aromatic heterocycles. The van der Waals surface area contributed by atoms with Crippen molar-refractivity contribution in [1.82, 2.24) is 9.97 Å². The van der Waals surface area contributed by atoms with Crippen LogP contribution in [0.5, 0.6) is 34.5 Å². The zero-order valence-electron chi connectivity index (χ0n) is 18.2. The molecule has 1 N–H and O–H groups in total. The molecule has 1 heterocycles. The maximum atomic E-state index is 13.1. The predicted octanol–water partition coefficient (Wildman–Crippen LogP) is 3.36. The molecule has 0 aliphatic rings. The molecule has 0 aliphatic carbocycles. The summed E-state index contributed by atoms with van der Waals surface area (Å²) >= 11 is 0. The van der Waals surface area contributed by atoms with Gasteiger partial charge in [-0.2, -0.15) is 0 Å². The number of ether oxygens (including phenoxy) is 6. The summed E-state index contributed by atoms with van der Waals surface area (Å²) in [6, 6.07) is 6.66. The van der Waals surface area contributed by atoms with Crippen LogP contribution in [-0.2, 0) is 0 Å². The van der Waals surface area contributed by atoms with Crippen molar-refractivity contribution in [2.24, 2.45) is 0 Å². The Hall–Kier alpha value is -3.88. The number of hydrogen-bond donors (Lipinski definition) is 1. The maximum absolute atomic E-state index is 13.1. The Balaban J connectivity index is 2.01. The van der Waals surface area contributed by atoms with Gasteiger partial charge in [-0.1, -0.05) is 0 Å². The van der Waals surface area contributed by atoms with Gasteiger partial charge in [0, 0.05) is 11.1 Å². The van der Waals surface area contributed by atoms with Crippen molar-refractivity contribution < 1.29 is 33.2 Å². The van der Waals surface area contributed by atoms with E-state index in [0.717, 1.165) is 0 Å². The first kappa shape index (κ1) is 21.8. The topological polar surface area (TPSA) is 101 Å². The largest absolute Gasteiger partial charge is 0.493 e. The Morgan fingerprint density at radius 3 is 1.58 bits per heavy atom. The average Bonchev–Trinajstić information content (AvgIpc) is 3.31. The number of benzene rings is 2. The Morgan fingerprint density at radius 1 is 0.710 bits per heavy atom. The molecule has 0 radical (unpaired) electrons. The number of nitrogens with one attached hydrogen (secondary N) is 1. The lowest BCUT2D eigenvalue weighted by Crippen LogP contribution is -2.04.